The Morgan fingerprint density at radius 1 is 1.54 bits per heavy atom. The van der Waals surface area contributed by atoms with Crippen LogP contribution in [0.25, 0.3) is 11.1 Å². The van der Waals surface area contributed by atoms with Crippen LogP contribution >= 0.6 is 12.4 Å². The molecule has 2 N–H and O–H groups in total. The number of halogens is 1. The molecule has 2 aromatic heterocycles. The van der Waals surface area contributed by atoms with Gasteiger partial charge in [0.05, 0.1) is 6.20 Å². The molecule has 13 heavy (non-hydrogen) atoms. The highest BCUT2D eigenvalue weighted by Crippen LogP contribution is 2.12. The molecule has 2 heterocycles. The highest BCUT2D eigenvalue weighted by molar-refractivity contribution is 5.90. The van der Waals surface area contributed by atoms with E-state index in [9.17, 15) is 4.79 Å². The lowest BCUT2D eigenvalue weighted by Crippen LogP contribution is -2.10. The number of fused-ring (bicyclic) bond motifs is 1. The third kappa shape index (κ3) is 1.59. The first-order valence-corrected chi connectivity index (χ1v) is 3.28. The fourth-order valence-corrected chi connectivity index (χ4v) is 0.885. The topological polar surface area (TPSA) is 82.0 Å². The van der Waals surface area contributed by atoms with Crippen molar-refractivity contribution in [1.29, 1.82) is 0 Å². The standard InChI is InChI=1S/C7H5N3O2.ClH/c8-6(11)7-10-4-1-2-9-3-5(4)12-7;/h1-3H,(H2,8,11);1H. The van der Waals surface area contributed by atoms with E-state index in [4.69, 9.17) is 10.2 Å². The third-order valence-electron chi connectivity index (χ3n) is 1.40. The lowest BCUT2D eigenvalue weighted by Gasteiger charge is -1.80. The van der Waals surface area contributed by atoms with Gasteiger partial charge in [-0.05, 0) is 6.07 Å². The van der Waals surface area contributed by atoms with Crippen LogP contribution in [-0.4, -0.2) is 15.9 Å². The molecular formula is C7H6ClN3O2. The van der Waals surface area contributed by atoms with Gasteiger partial charge in [-0.15, -0.1) is 12.4 Å². The van der Waals surface area contributed by atoms with E-state index >= 15 is 0 Å². The molecule has 0 atom stereocenters. The van der Waals surface area contributed by atoms with E-state index in [2.05, 4.69) is 9.97 Å². The summed E-state index contributed by atoms with van der Waals surface area (Å²) < 4.78 is 4.98. The Hall–Kier alpha value is -1.62. The summed E-state index contributed by atoms with van der Waals surface area (Å²) in [4.78, 5) is 18.2. The maximum Gasteiger partial charge on any atom is 0.304 e. The molecule has 0 aliphatic heterocycles. The van der Waals surface area contributed by atoms with Gasteiger partial charge in [0.2, 0.25) is 0 Å². The van der Waals surface area contributed by atoms with Gasteiger partial charge in [-0.25, -0.2) is 4.98 Å². The van der Waals surface area contributed by atoms with Crippen molar-refractivity contribution < 1.29 is 9.21 Å². The van der Waals surface area contributed by atoms with Crippen LogP contribution in [0.5, 0.6) is 0 Å². The van der Waals surface area contributed by atoms with E-state index in [0.29, 0.717) is 11.1 Å². The molecule has 1 amide bonds. The minimum absolute atomic E-state index is 0. The lowest BCUT2D eigenvalue weighted by atomic mass is 10.4. The van der Waals surface area contributed by atoms with Gasteiger partial charge >= 0.3 is 5.91 Å². The smallest absolute Gasteiger partial charge is 0.304 e. The summed E-state index contributed by atoms with van der Waals surface area (Å²) in [5.41, 5.74) is 6.01. The third-order valence-corrected chi connectivity index (χ3v) is 1.40. The molecule has 6 heteroatoms. The molecule has 5 nitrogen and oxygen atoms in total. The molecule has 0 saturated carbocycles. The van der Waals surface area contributed by atoms with E-state index in [1.165, 1.54) is 6.20 Å². The van der Waals surface area contributed by atoms with Crippen molar-refractivity contribution in [2.45, 2.75) is 0 Å². The number of nitrogens with zero attached hydrogens (tertiary/aromatic N) is 2. The molecule has 2 aromatic rings. The molecule has 0 radical (unpaired) electrons. The largest absolute Gasteiger partial charge is 0.431 e. The number of nitrogens with two attached hydrogens (primary N) is 1. The average Bonchev–Trinajstić information content (AvgIpc) is 2.46. The Balaban J connectivity index is 0.000000845. The van der Waals surface area contributed by atoms with Crippen molar-refractivity contribution >= 4 is 29.4 Å². The minimum Gasteiger partial charge on any atom is -0.431 e. The van der Waals surface area contributed by atoms with E-state index in [1.54, 1.807) is 12.3 Å². The number of oxazole rings is 1. The van der Waals surface area contributed by atoms with Gasteiger partial charge in [0.15, 0.2) is 5.58 Å². The van der Waals surface area contributed by atoms with Crippen LogP contribution < -0.4 is 5.73 Å². The number of carbonyl (C=O) groups is 1. The first-order valence-electron chi connectivity index (χ1n) is 3.28. The van der Waals surface area contributed by atoms with Crippen molar-refractivity contribution in [3.63, 3.8) is 0 Å². The molecule has 0 bridgehead atoms. The Kier molecular flexibility index (Phi) is 2.48. The molecule has 0 aliphatic rings. The zero-order valence-corrected chi connectivity index (χ0v) is 7.25. The summed E-state index contributed by atoms with van der Waals surface area (Å²) >= 11 is 0. The van der Waals surface area contributed by atoms with E-state index in [-0.39, 0.29) is 18.3 Å². The minimum atomic E-state index is -0.675. The van der Waals surface area contributed by atoms with Gasteiger partial charge in [0.1, 0.15) is 5.52 Å². The van der Waals surface area contributed by atoms with Crippen molar-refractivity contribution in [1.82, 2.24) is 9.97 Å². The number of hydrogen-bond donors (Lipinski definition) is 1. The second-order valence-electron chi connectivity index (χ2n) is 2.23. The van der Waals surface area contributed by atoms with Crippen molar-refractivity contribution in [3.8, 4) is 0 Å². The first kappa shape index (κ1) is 9.47. The summed E-state index contributed by atoms with van der Waals surface area (Å²) in [6.07, 6.45) is 3.05. The van der Waals surface area contributed by atoms with Gasteiger partial charge in [-0.1, -0.05) is 0 Å². The van der Waals surface area contributed by atoms with Gasteiger partial charge < -0.3 is 10.2 Å². The number of primary amides is 1. The van der Waals surface area contributed by atoms with E-state index in [1.807, 2.05) is 0 Å². The van der Waals surface area contributed by atoms with Gasteiger partial charge in [-0.3, -0.25) is 9.78 Å². The Morgan fingerprint density at radius 3 is 2.92 bits per heavy atom. The van der Waals surface area contributed by atoms with Gasteiger partial charge in [0, 0.05) is 6.20 Å². The Bertz CT molecular complexity index is 407. The van der Waals surface area contributed by atoms with Gasteiger partial charge in [0.25, 0.3) is 5.89 Å². The second-order valence-corrected chi connectivity index (χ2v) is 2.23. The highest BCUT2D eigenvalue weighted by atomic mass is 35.5. The molecular weight excluding hydrogens is 194 g/mol. The van der Waals surface area contributed by atoms with Crippen molar-refractivity contribution in [2.75, 3.05) is 0 Å². The van der Waals surface area contributed by atoms with Crippen LogP contribution in [0.4, 0.5) is 0 Å². The van der Waals surface area contributed by atoms with Gasteiger partial charge in [-0.2, -0.15) is 0 Å². The highest BCUT2D eigenvalue weighted by Gasteiger charge is 2.09. The Labute approximate surface area is 79.4 Å². The van der Waals surface area contributed by atoms with Crippen molar-refractivity contribution in [2.24, 2.45) is 5.73 Å². The van der Waals surface area contributed by atoms with Crippen LogP contribution in [0, 0.1) is 0 Å². The average molecular weight is 200 g/mol. The second kappa shape index (κ2) is 3.40. The van der Waals surface area contributed by atoms with E-state index < -0.39 is 5.91 Å². The van der Waals surface area contributed by atoms with Crippen LogP contribution in [-0.2, 0) is 0 Å². The fraction of sp³-hybridized carbons (Fsp3) is 0. The summed E-state index contributed by atoms with van der Waals surface area (Å²) in [5.74, 6) is -0.760. The summed E-state index contributed by atoms with van der Waals surface area (Å²) in [5, 5.41) is 0. The maximum absolute atomic E-state index is 10.6. The fourth-order valence-electron chi connectivity index (χ4n) is 0.885. The SMILES string of the molecule is Cl.NC(=O)c1nc2ccncc2o1. The number of amides is 1. The monoisotopic (exact) mass is 199 g/mol. The molecule has 0 fully saturated rings. The zero-order chi connectivity index (χ0) is 8.55. The Morgan fingerprint density at radius 2 is 2.31 bits per heavy atom. The van der Waals surface area contributed by atoms with Crippen LogP contribution in [0.2, 0.25) is 0 Å². The van der Waals surface area contributed by atoms with E-state index in [0.717, 1.165) is 0 Å². The van der Waals surface area contributed by atoms with Crippen molar-refractivity contribution in [3.05, 3.63) is 24.4 Å². The molecule has 0 spiro atoms. The molecule has 2 rings (SSSR count). The number of aromatic nitrogens is 2. The van der Waals surface area contributed by atoms with Crippen LogP contribution in [0.3, 0.4) is 0 Å². The molecule has 0 aromatic carbocycles. The normalized spacial score (nSPS) is 9.54. The number of pyridine rings is 1. The number of rotatable bonds is 1. The summed E-state index contributed by atoms with van der Waals surface area (Å²) in [6, 6.07) is 1.64. The zero-order valence-electron chi connectivity index (χ0n) is 6.43. The van der Waals surface area contributed by atoms with Crippen LogP contribution in [0.1, 0.15) is 10.7 Å². The predicted octanol–water partition coefficient (Wildman–Crippen LogP) is 0.744. The number of hydrogen-bond acceptors (Lipinski definition) is 4. The first-order chi connectivity index (χ1) is 5.77. The molecule has 68 valence electrons. The quantitative estimate of drug-likeness (QED) is 0.735. The molecule has 0 unspecified atom stereocenters. The molecule has 0 aliphatic carbocycles. The maximum atomic E-state index is 10.6. The molecule has 0 saturated heterocycles. The predicted molar refractivity (Wildman–Crippen MR) is 47.6 cm³/mol. The lowest BCUT2D eigenvalue weighted by molar-refractivity contribution is 0.0969. The van der Waals surface area contributed by atoms with Crippen LogP contribution in [0.15, 0.2) is 22.9 Å². The summed E-state index contributed by atoms with van der Waals surface area (Å²) in [7, 11) is 0. The number of carbonyl (C=O) groups excluding carboxylic acids is 1. The summed E-state index contributed by atoms with van der Waals surface area (Å²) in [6.45, 7) is 0.